The minimum absolute atomic E-state index is 0.173. The summed E-state index contributed by atoms with van der Waals surface area (Å²) in [4.78, 5) is 0. The standard InChI is InChI=1S/C11H19ClO/c12-9-4-2-1-3-6-10-7-5-8-11(10)13/h5,8,10-11,13H,1-4,6-7,9H2/t10-,11+/m1/s1. The van der Waals surface area contributed by atoms with E-state index in [0.717, 1.165) is 25.1 Å². The van der Waals surface area contributed by atoms with Crippen LogP contribution in [0.5, 0.6) is 0 Å². The van der Waals surface area contributed by atoms with Gasteiger partial charge in [0.05, 0.1) is 6.10 Å². The first kappa shape index (κ1) is 11.1. The number of aliphatic hydroxyl groups is 1. The predicted octanol–water partition coefficient (Wildman–Crippen LogP) is 3.11. The van der Waals surface area contributed by atoms with Crippen LogP contribution in [0.4, 0.5) is 0 Å². The second-order valence-corrected chi connectivity index (χ2v) is 4.18. The van der Waals surface area contributed by atoms with E-state index in [1.54, 1.807) is 0 Å². The summed E-state index contributed by atoms with van der Waals surface area (Å²) in [5.74, 6) is 1.28. The normalized spacial score (nSPS) is 26.9. The minimum Gasteiger partial charge on any atom is -0.389 e. The Morgan fingerprint density at radius 3 is 2.62 bits per heavy atom. The summed E-state index contributed by atoms with van der Waals surface area (Å²) in [5, 5.41) is 9.48. The number of hydrogen-bond donors (Lipinski definition) is 1. The Hall–Kier alpha value is -0.0100. The van der Waals surface area contributed by atoms with Gasteiger partial charge in [0.15, 0.2) is 0 Å². The summed E-state index contributed by atoms with van der Waals surface area (Å²) in [6.45, 7) is 0. The van der Waals surface area contributed by atoms with E-state index in [2.05, 4.69) is 6.08 Å². The molecular weight excluding hydrogens is 184 g/mol. The van der Waals surface area contributed by atoms with Gasteiger partial charge in [0, 0.05) is 5.88 Å². The van der Waals surface area contributed by atoms with Crippen molar-refractivity contribution >= 4 is 11.6 Å². The molecule has 13 heavy (non-hydrogen) atoms. The van der Waals surface area contributed by atoms with Gasteiger partial charge in [0.1, 0.15) is 0 Å². The number of hydrogen-bond acceptors (Lipinski definition) is 1. The van der Waals surface area contributed by atoms with E-state index < -0.39 is 0 Å². The summed E-state index contributed by atoms with van der Waals surface area (Å²) in [6.07, 6.45) is 10.9. The Bertz CT molecular complexity index is 156. The van der Waals surface area contributed by atoms with Gasteiger partial charge in [-0.25, -0.2) is 0 Å². The van der Waals surface area contributed by atoms with Gasteiger partial charge in [-0.05, 0) is 25.2 Å². The molecular formula is C11H19ClO. The average Bonchev–Trinajstić information content (AvgIpc) is 2.52. The predicted molar refractivity (Wildman–Crippen MR) is 57.1 cm³/mol. The molecule has 0 saturated carbocycles. The van der Waals surface area contributed by atoms with Crippen molar-refractivity contribution in [3.05, 3.63) is 12.2 Å². The zero-order chi connectivity index (χ0) is 9.52. The monoisotopic (exact) mass is 202 g/mol. The molecule has 0 spiro atoms. The number of alkyl halides is 1. The van der Waals surface area contributed by atoms with Crippen LogP contribution in [0, 0.1) is 5.92 Å². The zero-order valence-corrected chi connectivity index (χ0v) is 8.84. The van der Waals surface area contributed by atoms with Crippen LogP contribution in [0.2, 0.25) is 0 Å². The van der Waals surface area contributed by atoms with Crippen LogP contribution in [0.25, 0.3) is 0 Å². The molecule has 0 unspecified atom stereocenters. The zero-order valence-electron chi connectivity index (χ0n) is 8.08. The van der Waals surface area contributed by atoms with Crippen molar-refractivity contribution in [3.63, 3.8) is 0 Å². The smallest absolute Gasteiger partial charge is 0.0752 e. The Kier molecular flexibility index (Phi) is 5.49. The number of allylic oxidation sites excluding steroid dienone is 1. The number of unbranched alkanes of at least 4 members (excludes halogenated alkanes) is 3. The second-order valence-electron chi connectivity index (χ2n) is 3.81. The van der Waals surface area contributed by atoms with Crippen molar-refractivity contribution in [2.45, 2.75) is 44.6 Å². The molecule has 0 saturated heterocycles. The lowest BCUT2D eigenvalue weighted by atomic mass is 9.97. The Morgan fingerprint density at radius 1 is 1.23 bits per heavy atom. The molecule has 1 nitrogen and oxygen atoms in total. The van der Waals surface area contributed by atoms with Crippen molar-refractivity contribution in [1.82, 2.24) is 0 Å². The van der Waals surface area contributed by atoms with E-state index in [9.17, 15) is 5.11 Å². The summed E-state index contributed by atoms with van der Waals surface area (Å²) < 4.78 is 0. The fourth-order valence-corrected chi connectivity index (χ4v) is 2.02. The maximum Gasteiger partial charge on any atom is 0.0752 e. The third-order valence-corrected chi connectivity index (χ3v) is 2.98. The third kappa shape index (κ3) is 4.15. The van der Waals surface area contributed by atoms with Crippen molar-refractivity contribution in [3.8, 4) is 0 Å². The van der Waals surface area contributed by atoms with Gasteiger partial charge in [-0.1, -0.05) is 31.4 Å². The highest BCUT2D eigenvalue weighted by Crippen LogP contribution is 2.24. The van der Waals surface area contributed by atoms with Crippen molar-refractivity contribution in [2.75, 3.05) is 5.88 Å². The highest BCUT2D eigenvalue weighted by atomic mass is 35.5. The van der Waals surface area contributed by atoms with Crippen LogP contribution >= 0.6 is 11.6 Å². The molecule has 0 aromatic heterocycles. The van der Waals surface area contributed by atoms with Gasteiger partial charge >= 0.3 is 0 Å². The third-order valence-electron chi connectivity index (χ3n) is 2.71. The Labute approximate surface area is 85.8 Å². The lowest BCUT2D eigenvalue weighted by molar-refractivity contribution is 0.157. The molecule has 0 fully saturated rings. The highest BCUT2D eigenvalue weighted by Gasteiger charge is 2.19. The van der Waals surface area contributed by atoms with Crippen LogP contribution in [0.15, 0.2) is 12.2 Å². The molecule has 1 N–H and O–H groups in total. The average molecular weight is 203 g/mol. The van der Waals surface area contributed by atoms with Crippen molar-refractivity contribution < 1.29 is 5.11 Å². The number of rotatable bonds is 6. The molecule has 2 heteroatoms. The Balaban J connectivity index is 1.94. The molecule has 0 aromatic rings. The highest BCUT2D eigenvalue weighted by molar-refractivity contribution is 6.17. The number of aliphatic hydroxyl groups excluding tert-OH is 1. The van der Waals surface area contributed by atoms with Crippen molar-refractivity contribution in [2.24, 2.45) is 5.92 Å². The fraction of sp³-hybridized carbons (Fsp3) is 0.818. The molecule has 0 aliphatic heterocycles. The molecule has 2 atom stereocenters. The van der Waals surface area contributed by atoms with Gasteiger partial charge in [0.2, 0.25) is 0 Å². The van der Waals surface area contributed by atoms with Gasteiger partial charge in [0.25, 0.3) is 0 Å². The van der Waals surface area contributed by atoms with Crippen LogP contribution in [0.3, 0.4) is 0 Å². The first-order valence-electron chi connectivity index (χ1n) is 5.25. The van der Waals surface area contributed by atoms with Crippen LogP contribution in [-0.4, -0.2) is 17.1 Å². The largest absolute Gasteiger partial charge is 0.389 e. The quantitative estimate of drug-likeness (QED) is 0.399. The summed E-state index contributed by atoms with van der Waals surface area (Å²) in [6, 6.07) is 0. The first-order chi connectivity index (χ1) is 6.34. The van der Waals surface area contributed by atoms with Gasteiger partial charge < -0.3 is 5.11 Å². The number of halogens is 1. The van der Waals surface area contributed by atoms with Crippen LogP contribution < -0.4 is 0 Å². The topological polar surface area (TPSA) is 20.2 Å². The maximum atomic E-state index is 9.48. The first-order valence-corrected chi connectivity index (χ1v) is 5.78. The van der Waals surface area contributed by atoms with E-state index in [0.29, 0.717) is 5.92 Å². The summed E-state index contributed by atoms with van der Waals surface area (Å²) in [7, 11) is 0. The summed E-state index contributed by atoms with van der Waals surface area (Å²) in [5.41, 5.74) is 0. The van der Waals surface area contributed by atoms with E-state index in [4.69, 9.17) is 11.6 Å². The van der Waals surface area contributed by atoms with Gasteiger partial charge in [-0.15, -0.1) is 11.6 Å². The molecule has 0 amide bonds. The van der Waals surface area contributed by atoms with E-state index in [1.165, 1.54) is 19.3 Å². The molecule has 0 bridgehead atoms. The Morgan fingerprint density at radius 2 is 2.00 bits per heavy atom. The van der Waals surface area contributed by atoms with E-state index >= 15 is 0 Å². The SMILES string of the molecule is O[C@H]1C=CC[C@H]1CCCCCCCl. The van der Waals surface area contributed by atoms with E-state index in [1.807, 2.05) is 6.08 Å². The molecule has 0 aromatic carbocycles. The van der Waals surface area contributed by atoms with Gasteiger partial charge in [-0.3, -0.25) is 0 Å². The molecule has 1 aliphatic carbocycles. The van der Waals surface area contributed by atoms with E-state index in [-0.39, 0.29) is 6.10 Å². The summed E-state index contributed by atoms with van der Waals surface area (Å²) >= 11 is 5.58. The lowest BCUT2D eigenvalue weighted by Crippen LogP contribution is -2.12. The van der Waals surface area contributed by atoms with Crippen molar-refractivity contribution in [1.29, 1.82) is 0 Å². The maximum absolute atomic E-state index is 9.48. The molecule has 76 valence electrons. The second kappa shape index (κ2) is 6.44. The fourth-order valence-electron chi connectivity index (χ4n) is 1.83. The molecule has 1 aliphatic rings. The minimum atomic E-state index is -0.173. The van der Waals surface area contributed by atoms with Crippen LogP contribution in [0.1, 0.15) is 38.5 Å². The molecule has 0 heterocycles. The molecule has 1 rings (SSSR count). The van der Waals surface area contributed by atoms with Gasteiger partial charge in [-0.2, -0.15) is 0 Å². The lowest BCUT2D eigenvalue weighted by Gasteiger charge is -2.13. The van der Waals surface area contributed by atoms with Crippen LogP contribution in [-0.2, 0) is 0 Å². The molecule has 0 radical (unpaired) electrons.